The zero-order valence-electron chi connectivity index (χ0n) is 14.4. The first-order valence-corrected chi connectivity index (χ1v) is 7.97. The molecule has 0 bridgehead atoms. The number of rotatable bonds is 7. The number of hydrogen-bond acceptors (Lipinski definition) is 4. The predicted molar refractivity (Wildman–Crippen MR) is 91.9 cm³/mol. The molecule has 1 atom stereocenters. The molecule has 26 heavy (non-hydrogen) atoms. The highest BCUT2D eigenvalue weighted by Gasteiger charge is 2.19. The van der Waals surface area contributed by atoms with Gasteiger partial charge in [-0.2, -0.15) is 0 Å². The van der Waals surface area contributed by atoms with E-state index in [1.807, 2.05) is 12.1 Å². The van der Waals surface area contributed by atoms with E-state index in [9.17, 15) is 18.4 Å². The summed E-state index contributed by atoms with van der Waals surface area (Å²) in [6.07, 6.45) is -0.616. The second kappa shape index (κ2) is 8.94. The molecule has 0 aliphatic carbocycles. The van der Waals surface area contributed by atoms with Crippen LogP contribution in [0.4, 0.5) is 14.5 Å². The Labute approximate surface area is 149 Å². The van der Waals surface area contributed by atoms with E-state index in [1.54, 1.807) is 19.2 Å². The number of nitrogens with one attached hydrogen (secondary N) is 1. The molecule has 5 nitrogen and oxygen atoms in total. The summed E-state index contributed by atoms with van der Waals surface area (Å²) >= 11 is 0. The van der Waals surface area contributed by atoms with Gasteiger partial charge in [-0.1, -0.05) is 12.1 Å². The number of carbonyl (C=O) groups excluding carboxylic acids is 2. The largest absolute Gasteiger partial charge is 0.497 e. The van der Waals surface area contributed by atoms with Gasteiger partial charge in [0.25, 0.3) is 5.91 Å². The molecule has 1 N–H and O–H groups in total. The van der Waals surface area contributed by atoms with Gasteiger partial charge in [-0.25, -0.2) is 8.78 Å². The molecule has 138 valence electrons. The van der Waals surface area contributed by atoms with Gasteiger partial charge in [0.1, 0.15) is 17.4 Å². The smallest absolute Gasteiger partial charge is 0.306 e. The molecule has 1 amide bonds. The van der Waals surface area contributed by atoms with Crippen LogP contribution in [0.5, 0.6) is 5.75 Å². The van der Waals surface area contributed by atoms with Gasteiger partial charge >= 0.3 is 5.97 Å². The van der Waals surface area contributed by atoms with Gasteiger partial charge in [0.05, 0.1) is 12.8 Å². The van der Waals surface area contributed by atoms with Gasteiger partial charge in [0.2, 0.25) is 0 Å². The van der Waals surface area contributed by atoms with Crippen LogP contribution < -0.4 is 10.1 Å². The minimum absolute atomic E-state index is 0.0816. The Kier molecular flexibility index (Phi) is 6.66. The first-order chi connectivity index (χ1) is 12.4. The number of carbonyl (C=O) groups is 2. The molecule has 0 aromatic heterocycles. The van der Waals surface area contributed by atoms with E-state index in [0.717, 1.165) is 23.8 Å². The molecule has 2 aromatic carbocycles. The van der Waals surface area contributed by atoms with Crippen LogP contribution >= 0.6 is 0 Å². The molecule has 0 unspecified atom stereocenters. The summed E-state index contributed by atoms with van der Waals surface area (Å²) in [5, 5.41) is 2.20. The van der Waals surface area contributed by atoms with Crippen molar-refractivity contribution in [2.45, 2.75) is 25.9 Å². The van der Waals surface area contributed by atoms with Gasteiger partial charge < -0.3 is 14.8 Å². The van der Waals surface area contributed by atoms with Crippen molar-refractivity contribution < 1.29 is 27.8 Å². The van der Waals surface area contributed by atoms with E-state index in [2.05, 4.69) is 5.32 Å². The maximum Gasteiger partial charge on any atom is 0.306 e. The fourth-order valence-electron chi connectivity index (χ4n) is 2.18. The highest BCUT2D eigenvalue weighted by atomic mass is 19.1. The van der Waals surface area contributed by atoms with E-state index in [1.165, 1.54) is 6.92 Å². The van der Waals surface area contributed by atoms with Crippen molar-refractivity contribution in [1.29, 1.82) is 0 Å². The van der Waals surface area contributed by atoms with E-state index < -0.39 is 29.6 Å². The monoisotopic (exact) mass is 363 g/mol. The lowest BCUT2D eigenvalue weighted by Crippen LogP contribution is -2.30. The fraction of sp³-hybridized carbons (Fsp3) is 0.263. The Morgan fingerprint density at radius 1 is 1.12 bits per heavy atom. The molecule has 2 rings (SSSR count). The number of halogens is 2. The summed E-state index contributed by atoms with van der Waals surface area (Å²) in [4.78, 5) is 23.8. The Morgan fingerprint density at radius 2 is 1.81 bits per heavy atom. The van der Waals surface area contributed by atoms with Crippen molar-refractivity contribution in [3.05, 3.63) is 59.7 Å². The molecule has 0 saturated carbocycles. The van der Waals surface area contributed by atoms with Crippen molar-refractivity contribution in [3.63, 3.8) is 0 Å². The second-order valence-corrected chi connectivity index (χ2v) is 5.59. The van der Waals surface area contributed by atoms with Crippen molar-refractivity contribution in [2.24, 2.45) is 0 Å². The summed E-state index contributed by atoms with van der Waals surface area (Å²) < 4.78 is 36.7. The third kappa shape index (κ3) is 5.54. The van der Waals surface area contributed by atoms with Crippen LogP contribution in [0.2, 0.25) is 0 Å². The van der Waals surface area contributed by atoms with Gasteiger partial charge in [0, 0.05) is 12.5 Å². The topological polar surface area (TPSA) is 64.6 Å². The quantitative estimate of drug-likeness (QED) is 0.765. The van der Waals surface area contributed by atoms with Gasteiger partial charge in [-0.05, 0) is 43.2 Å². The third-order valence-corrected chi connectivity index (χ3v) is 3.64. The third-order valence-electron chi connectivity index (χ3n) is 3.64. The van der Waals surface area contributed by atoms with E-state index in [-0.39, 0.29) is 12.1 Å². The lowest BCUT2D eigenvalue weighted by molar-refractivity contribution is -0.153. The second-order valence-electron chi connectivity index (χ2n) is 5.59. The molecular formula is C19H19F2NO4. The number of aryl methyl sites for hydroxylation is 1. The maximum absolute atomic E-state index is 13.5. The summed E-state index contributed by atoms with van der Waals surface area (Å²) in [7, 11) is 1.56. The highest BCUT2D eigenvalue weighted by molar-refractivity contribution is 5.95. The van der Waals surface area contributed by atoms with Crippen LogP contribution in [0.15, 0.2) is 42.5 Å². The summed E-state index contributed by atoms with van der Waals surface area (Å²) in [5.74, 6) is -2.06. The van der Waals surface area contributed by atoms with Crippen LogP contribution in [0.3, 0.4) is 0 Å². The molecule has 0 saturated heterocycles. The zero-order chi connectivity index (χ0) is 19.1. The normalized spacial score (nSPS) is 11.5. The lowest BCUT2D eigenvalue weighted by atomic mass is 10.1. The Hall–Kier alpha value is -2.96. The summed E-state index contributed by atoms with van der Waals surface area (Å²) in [6.45, 7) is 1.36. The van der Waals surface area contributed by atoms with Crippen LogP contribution in [0, 0.1) is 11.6 Å². The summed E-state index contributed by atoms with van der Waals surface area (Å²) in [5.41, 5.74) is 0.609. The zero-order valence-corrected chi connectivity index (χ0v) is 14.4. The molecule has 7 heteroatoms. The number of methoxy groups -OCH3 is 1. The first kappa shape index (κ1) is 19.4. The minimum Gasteiger partial charge on any atom is -0.497 e. The van der Waals surface area contributed by atoms with Crippen molar-refractivity contribution >= 4 is 17.6 Å². The number of hydrogen-bond donors (Lipinski definition) is 1. The van der Waals surface area contributed by atoms with Crippen molar-refractivity contribution in [2.75, 3.05) is 12.4 Å². The number of esters is 1. The average Bonchev–Trinajstić information content (AvgIpc) is 2.63. The number of anilines is 1. The molecule has 0 radical (unpaired) electrons. The van der Waals surface area contributed by atoms with E-state index in [4.69, 9.17) is 9.47 Å². The Balaban J connectivity index is 1.83. The van der Waals surface area contributed by atoms with Gasteiger partial charge in [-0.15, -0.1) is 0 Å². The minimum atomic E-state index is -1.14. The van der Waals surface area contributed by atoms with Gasteiger partial charge in [-0.3, -0.25) is 9.59 Å². The Bertz CT molecular complexity index is 778. The molecule has 0 aliphatic rings. The van der Waals surface area contributed by atoms with Crippen LogP contribution in [0.25, 0.3) is 0 Å². The molecular weight excluding hydrogens is 344 g/mol. The number of benzene rings is 2. The maximum atomic E-state index is 13.5. The first-order valence-electron chi connectivity index (χ1n) is 7.97. The van der Waals surface area contributed by atoms with E-state index in [0.29, 0.717) is 12.2 Å². The molecule has 0 aliphatic heterocycles. The van der Waals surface area contributed by atoms with Crippen LogP contribution in [-0.4, -0.2) is 25.1 Å². The number of ether oxygens (including phenoxy) is 2. The average molecular weight is 363 g/mol. The highest BCUT2D eigenvalue weighted by Crippen LogP contribution is 2.16. The summed E-state index contributed by atoms with van der Waals surface area (Å²) in [6, 6.07) is 9.91. The SMILES string of the molecule is COc1ccc(CCC(=O)O[C@@H](C)C(=O)Nc2cc(F)ccc2F)cc1. The van der Waals surface area contributed by atoms with Crippen LogP contribution in [-0.2, 0) is 20.7 Å². The predicted octanol–water partition coefficient (Wildman–Crippen LogP) is 3.48. The van der Waals surface area contributed by atoms with Gasteiger partial charge in [0.15, 0.2) is 6.10 Å². The molecule has 2 aromatic rings. The standard InChI is InChI=1S/C19H19F2NO4/c1-12(19(24)22-17-11-14(20)6-9-16(17)21)26-18(23)10-5-13-3-7-15(25-2)8-4-13/h3-4,6-9,11-12H,5,10H2,1-2H3,(H,22,24)/t12-/m0/s1. The fourth-order valence-corrected chi connectivity index (χ4v) is 2.18. The molecule has 0 spiro atoms. The molecule has 0 heterocycles. The van der Waals surface area contributed by atoms with Crippen molar-refractivity contribution in [1.82, 2.24) is 0 Å². The molecule has 0 fully saturated rings. The lowest BCUT2D eigenvalue weighted by Gasteiger charge is -2.14. The number of amides is 1. The van der Waals surface area contributed by atoms with Crippen LogP contribution in [0.1, 0.15) is 18.9 Å². The van der Waals surface area contributed by atoms with E-state index >= 15 is 0 Å². The van der Waals surface area contributed by atoms with Crippen molar-refractivity contribution in [3.8, 4) is 5.75 Å². The Morgan fingerprint density at radius 3 is 2.46 bits per heavy atom.